The number of rotatable bonds is 4. The number of nitrogens with zero attached hydrogens (tertiary/aromatic N) is 6. The van der Waals surface area contributed by atoms with Crippen LogP contribution in [0.4, 0.5) is 0 Å². The van der Waals surface area contributed by atoms with Crippen LogP contribution in [-0.4, -0.2) is 44.8 Å². The van der Waals surface area contributed by atoms with Crippen LogP contribution in [0.25, 0.3) is 22.3 Å². The van der Waals surface area contributed by atoms with Crippen LogP contribution in [0.1, 0.15) is 43.2 Å². The van der Waals surface area contributed by atoms with Crippen molar-refractivity contribution in [3.8, 4) is 17.3 Å². The summed E-state index contributed by atoms with van der Waals surface area (Å²) in [7, 11) is 2.20. The first kappa shape index (κ1) is 19.0. The molecule has 1 aliphatic carbocycles. The third kappa shape index (κ3) is 3.73. The Balaban J connectivity index is 1.31. The summed E-state index contributed by atoms with van der Waals surface area (Å²) in [5.74, 6) is 1.11. The van der Waals surface area contributed by atoms with Gasteiger partial charge in [-0.1, -0.05) is 12.1 Å². The minimum atomic E-state index is 0.401. The van der Waals surface area contributed by atoms with Crippen LogP contribution in [0.3, 0.4) is 0 Å². The Labute approximate surface area is 176 Å². The van der Waals surface area contributed by atoms with Crippen LogP contribution in [0, 0.1) is 17.2 Å². The zero-order chi connectivity index (χ0) is 20.5. The molecule has 3 aromatic rings. The molecule has 2 fully saturated rings. The van der Waals surface area contributed by atoms with Gasteiger partial charge in [-0.05, 0) is 75.4 Å². The van der Waals surface area contributed by atoms with Gasteiger partial charge in [0.15, 0.2) is 0 Å². The predicted molar refractivity (Wildman–Crippen MR) is 117 cm³/mol. The van der Waals surface area contributed by atoms with E-state index in [0.29, 0.717) is 17.9 Å². The van der Waals surface area contributed by atoms with E-state index < -0.39 is 0 Å². The highest BCUT2D eigenvalue weighted by Gasteiger charge is 2.29. The second-order valence-electron chi connectivity index (χ2n) is 8.66. The molecule has 3 heterocycles. The van der Waals surface area contributed by atoms with Gasteiger partial charge in [0.2, 0.25) is 0 Å². The fourth-order valence-corrected chi connectivity index (χ4v) is 4.61. The van der Waals surface area contributed by atoms with E-state index in [-0.39, 0.29) is 0 Å². The first-order chi connectivity index (χ1) is 14.7. The molecule has 2 aromatic heterocycles. The predicted octanol–water partition coefficient (Wildman–Crippen LogP) is 4.33. The number of aromatic nitrogens is 4. The van der Waals surface area contributed by atoms with E-state index in [1.807, 2.05) is 23.2 Å². The van der Waals surface area contributed by atoms with Gasteiger partial charge in [0, 0.05) is 17.8 Å². The maximum absolute atomic E-state index is 8.64. The molecule has 2 aliphatic rings. The number of benzene rings is 1. The monoisotopic (exact) mass is 398 g/mol. The highest BCUT2D eigenvalue weighted by Crippen LogP contribution is 2.38. The molecule has 30 heavy (non-hydrogen) atoms. The lowest BCUT2D eigenvalue weighted by molar-refractivity contribution is 0.224. The second kappa shape index (κ2) is 8.00. The number of nitriles is 1. The van der Waals surface area contributed by atoms with Gasteiger partial charge in [0.05, 0.1) is 41.2 Å². The first-order valence-electron chi connectivity index (χ1n) is 10.8. The molecule has 0 N–H and O–H groups in total. The van der Waals surface area contributed by atoms with Crippen LogP contribution >= 0.6 is 0 Å². The standard InChI is InChI=1S/C24H26N6/c1-29-9-6-18(7-10-29)19-4-5-22-23(13-19)26-15-24(28-22)20-14-27-30(16-20)21-11-17(12-21)3-2-8-25/h2-5,13-18,21H,6-7,9-12H2,1H3/b3-2+. The summed E-state index contributed by atoms with van der Waals surface area (Å²) in [5.41, 5.74) is 5.15. The van der Waals surface area contributed by atoms with E-state index in [1.54, 1.807) is 6.08 Å². The van der Waals surface area contributed by atoms with E-state index in [2.05, 4.69) is 47.5 Å². The molecule has 1 saturated heterocycles. The molecule has 5 rings (SSSR count). The molecule has 0 radical (unpaired) electrons. The summed E-state index contributed by atoms with van der Waals surface area (Å²) in [4.78, 5) is 12.0. The summed E-state index contributed by atoms with van der Waals surface area (Å²) in [6.07, 6.45) is 13.9. The van der Waals surface area contributed by atoms with Crippen molar-refractivity contribution in [3.63, 3.8) is 0 Å². The Morgan fingerprint density at radius 2 is 1.97 bits per heavy atom. The van der Waals surface area contributed by atoms with Gasteiger partial charge in [-0.3, -0.25) is 9.67 Å². The quantitative estimate of drug-likeness (QED) is 0.612. The summed E-state index contributed by atoms with van der Waals surface area (Å²) in [6.45, 7) is 2.32. The fourth-order valence-electron chi connectivity index (χ4n) is 4.61. The summed E-state index contributed by atoms with van der Waals surface area (Å²) in [6, 6.07) is 9.02. The van der Waals surface area contributed by atoms with E-state index in [1.165, 1.54) is 18.4 Å². The van der Waals surface area contributed by atoms with Crippen molar-refractivity contribution < 1.29 is 0 Å². The van der Waals surface area contributed by atoms with E-state index in [9.17, 15) is 0 Å². The minimum Gasteiger partial charge on any atom is -0.306 e. The van der Waals surface area contributed by atoms with E-state index in [4.69, 9.17) is 15.2 Å². The van der Waals surface area contributed by atoms with Gasteiger partial charge >= 0.3 is 0 Å². The van der Waals surface area contributed by atoms with Crippen molar-refractivity contribution in [2.45, 2.75) is 37.6 Å². The molecule has 0 atom stereocenters. The summed E-state index contributed by atoms with van der Waals surface area (Å²) in [5, 5.41) is 13.2. The number of hydrogen-bond donors (Lipinski definition) is 0. The van der Waals surface area contributed by atoms with Crippen molar-refractivity contribution in [1.29, 1.82) is 5.26 Å². The molecule has 1 aliphatic heterocycles. The average Bonchev–Trinajstić information content (AvgIpc) is 3.22. The van der Waals surface area contributed by atoms with E-state index in [0.717, 1.165) is 48.2 Å². The summed E-state index contributed by atoms with van der Waals surface area (Å²) < 4.78 is 2.03. The van der Waals surface area contributed by atoms with Crippen LogP contribution in [0.2, 0.25) is 0 Å². The fraction of sp³-hybridized carbons (Fsp3) is 0.417. The zero-order valence-electron chi connectivity index (χ0n) is 17.3. The second-order valence-corrected chi connectivity index (χ2v) is 8.66. The van der Waals surface area contributed by atoms with Gasteiger partial charge in [-0.25, -0.2) is 4.98 Å². The summed E-state index contributed by atoms with van der Waals surface area (Å²) >= 11 is 0. The SMILES string of the molecule is CN1CCC(c2ccc3nc(-c4cnn(C5CC(/C=C/C#N)C5)c4)cnc3c2)CC1. The molecule has 0 unspecified atom stereocenters. The van der Waals surface area contributed by atoms with Gasteiger partial charge in [-0.2, -0.15) is 10.4 Å². The smallest absolute Gasteiger partial charge is 0.0924 e. The van der Waals surface area contributed by atoms with Crippen LogP contribution in [-0.2, 0) is 0 Å². The Morgan fingerprint density at radius 3 is 2.77 bits per heavy atom. The maximum atomic E-state index is 8.64. The molecule has 0 spiro atoms. The lowest BCUT2D eigenvalue weighted by Crippen LogP contribution is -2.29. The molecule has 1 saturated carbocycles. The Morgan fingerprint density at radius 1 is 1.13 bits per heavy atom. The lowest BCUT2D eigenvalue weighted by atomic mass is 9.80. The van der Waals surface area contributed by atoms with Crippen LogP contribution < -0.4 is 0 Å². The number of fused-ring (bicyclic) bond motifs is 1. The number of hydrogen-bond acceptors (Lipinski definition) is 5. The average molecular weight is 399 g/mol. The first-order valence-corrected chi connectivity index (χ1v) is 10.8. The molecule has 6 nitrogen and oxygen atoms in total. The van der Waals surface area contributed by atoms with Gasteiger partial charge in [0.1, 0.15) is 0 Å². The Kier molecular flexibility index (Phi) is 5.06. The highest BCUT2D eigenvalue weighted by atomic mass is 15.3. The van der Waals surface area contributed by atoms with Crippen molar-refractivity contribution in [1.82, 2.24) is 24.6 Å². The van der Waals surface area contributed by atoms with Gasteiger partial charge in [-0.15, -0.1) is 0 Å². The molecule has 0 amide bonds. The van der Waals surface area contributed by atoms with E-state index >= 15 is 0 Å². The van der Waals surface area contributed by atoms with Crippen molar-refractivity contribution in [3.05, 3.63) is 54.5 Å². The van der Waals surface area contributed by atoms with Gasteiger partial charge in [0.25, 0.3) is 0 Å². The molecule has 0 bridgehead atoms. The number of allylic oxidation sites excluding steroid dienone is 2. The molecule has 6 heteroatoms. The highest BCUT2D eigenvalue weighted by molar-refractivity contribution is 5.77. The van der Waals surface area contributed by atoms with Crippen LogP contribution in [0.15, 0.2) is 48.9 Å². The topological polar surface area (TPSA) is 70.6 Å². The van der Waals surface area contributed by atoms with Crippen molar-refractivity contribution in [2.24, 2.45) is 5.92 Å². The lowest BCUT2D eigenvalue weighted by Gasteiger charge is -2.33. The normalized spacial score (nSPS) is 22.9. The maximum Gasteiger partial charge on any atom is 0.0924 e. The van der Waals surface area contributed by atoms with Gasteiger partial charge < -0.3 is 4.90 Å². The third-order valence-corrected chi connectivity index (χ3v) is 6.62. The molecule has 152 valence electrons. The van der Waals surface area contributed by atoms with Crippen molar-refractivity contribution >= 4 is 11.0 Å². The third-order valence-electron chi connectivity index (χ3n) is 6.62. The van der Waals surface area contributed by atoms with Crippen LogP contribution in [0.5, 0.6) is 0 Å². The minimum absolute atomic E-state index is 0.401. The Hall–Kier alpha value is -3.04. The molecular formula is C24H26N6. The largest absolute Gasteiger partial charge is 0.306 e. The molecule has 1 aromatic carbocycles. The molecular weight excluding hydrogens is 372 g/mol. The number of piperidine rings is 1. The zero-order valence-corrected chi connectivity index (χ0v) is 17.3. The van der Waals surface area contributed by atoms with Crippen molar-refractivity contribution in [2.75, 3.05) is 20.1 Å². The number of likely N-dealkylation sites (tertiary alicyclic amines) is 1. The Bertz CT molecular complexity index is 1110.